The van der Waals surface area contributed by atoms with E-state index in [0.29, 0.717) is 30.9 Å². The van der Waals surface area contributed by atoms with Gasteiger partial charge < -0.3 is 15.7 Å². The molecular weight excluding hydrogens is 238 g/mol. The highest BCUT2D eigenvalue weighted by atomic mass is 19.1. The summed E-state index contributed by atoms with van der Waals surface area (Å²) in [6.07, 6.45) is 1.15. The summed E-state index contributed by atoms with van der Waals surface area (Å²) in [5.74, 6) is -0.867. The molecule has 0 heterocycles. The predicted octanol–water partition coefficient (Wildman–Crippen LogP) is 1.63. The number of halogens is 2. The molecule has 2 rings (SSSR count). The van der Waals surface area contributed by atoms with E-state index in [4.69, 9.17) is 5.73 Å². The average molecular weight is 256 g/mol. The van der Waals surface area contributed by atoms with Gasteiger partial charge >= 0.3 is 0 Å². The first-order chi connectivity index (χ1) is 8.51. The third-order valence-corrected chi connectivity index (χ3v) is 3.44. The molecule has 0 atom stereocenters. The van der Waals surface area contributed by atoms with Gasteiger partial charge in [0, 0.05) is 20.1 Å². The molecule has 0 aromatic heterocycles. The van der Waals surface area contributed by atoms with Crippen molar-refractivity contribution in [2.24, 2.45) is 11.7 Å². The Kier molecular flexibility index (Phi) is 3.82. The number of aliphatic hydroxyl groups excluding tert-OH is 1. The molecule has 1 aromatic rings. The van der Waals surface area contributed by atoms with Crippen molar-refractivity contribution in [1.29, 1.82) is 0 Å². The molecule has 1 fully saturated rings. The Morgan fingerprint density at radius 1 is 1.33 bits per heavy atom. The zero-order chi connectivity index (χ0) is 13.3. The lowest BCUT2D eigenvalue weighted by Crippen LogP contribution is -2.37. The Labute approximate surface area is 105 Å². The number of nitrogens with zero attached hydrogens (tertiary/aromatic N) is 1. The number of anilines is 1. The molecule has 0 bridgehead atoms. The van der Waals surface area contributed by atoms with E-state index in [-0.39, 0.29) is 18.3 Å². The van der Waals surface area contributed by atoms with Gasteiger partial charge in [0.1, 0.15) is 17.3 Å². The molecule has 18 heavy (non-hydrogen) atoms. The second kappa shape index (κ2) is 5.20. The monoisotopic (exact) mass is 256 g/mol. The van der Waals surface area contributed by atoms with Crippen LogP contribution >= 0.6 is 0 Å². The zero-order valence-corrected chi connectivity index (χ0v) is 10.4. The van der Waals surface area contributed by atoms with Crippen LogP contribution in [0.25, 0.3) is 0 Å². The molecule has 5 heteroatoms. The van der Waals surface area contributed by atoms with E-state index in [9.17, 15) is 13.9 Å². The minimum Gasteiger partial charge on any atom is -0.393 e. The standard InChI is InChI=1S/C13H18F2N2O/c1-17(7-9-2-10(18)3-9)13-11(14)4-8(6-16)5-12(13)15/h4-5,9-10,18H,2-3,6-7,16H2,1H3. The van der Waals surface area contributed by atoms with E-state index in [1.165, 1.54) is 12.1 Å². The molecule has 3 nitrogen and oxygen atoms in total. The third-order valence-electron chi connectivity index (χ3n) is 3.44. The molecule has 100 valence electrons. The van der Waals surface area contributed by atoms with Gasteiger partial charge in [0.25, 0.3) is 0 Å². The van der Waals surface area contributed by atoms with Crippen LogP contribution in [0.3, 0.4) is 0 Å². The summed E-state index contributed by atoms with van der Waals surface area (Å²) in [7, 11) is 1.66. The SMILES string of the molecule is CN(CC1CC(O)C1)c1c(F)cc(CN)cc1F. The molecule has 3 N–H and O–H groups in total. The van der Waals surface area contributed by atoms with Gasteiger partial charge in [-0.1, -0.05) is 0 Å². The number of aliphatic hydroxyl groups is 1. The average Bonchev–Trinajstić information content (AvgIpc) is 2.25. The number of hydrogen-bond donors (Lipinski definition) is 2. The number of rotatable bonds is 4. The van der Waals surface area contributed by atoms with Crippen molar-refractivity contribution in [2.75, 3.05) is 18.5 Å². The summed E-state index contributed by atoms with van der Waals surface area (Å²) in [6, 6.07) is 2.54. The largest absolute Gasteiger partial charge is 0.393 e. The van der Waals surface area contributed by atoms with E-state index in [1.54, 1.807) is 11.9 Å². The second-order valence-corrected chi connectivity index (χ2v) is 4.98. The summed E-state index contributed by atoms with van der Waals surface area (Å²) in [5.41, 5.74) is 5.79. The maximum atomic E-state index is 13.8. The Bertz CT molecular complexity index is 410. The lowest BCUT2D eigenvalue weighted by Gasteiger charge is -2.35. The summed E-state index contributed by atoms with van der Waals surface area (Å²) in [4.78, 5) is 1.57. The summed E-state index contributed by atoms with van der Waals surface area (Å²) in [5, 5.41) is 9.20. The molecule has 0 amide bonds. The summed E-state index contributed by atoms with van der Waals surface area (Å²) in [6.45, 7) is 0.666. The van der Waals surface area contributed by atoms with Gasteiger partial charge in [-0.25, -0.2) is 8.78 Å². The maximum absolute atomic E-state index is 13.8. The number of benzene rings is 1. The van der Waals surface area contributed by atoms with Crippen LogP contribution in [0.2, 0.25) is 0 Å². The summed E-state index contributed by atoms with van der Waals surface area (Å²) < 4.78 is 27.6. The quantitative estimate of drug-likeness (QED) is 0.861. The fraction of sp³-hybridized carbons (Fsp3) is 0.538. The van der Waals surface area contributed by atoms with Crippen LogP contribution in [0, 0.1) is 17.6 Å². The normalized spacial score (nSPS) is 22.7. The van der Waals surface area contributed by atoms with E-state index in [2.05, 4.69) is 0 Å². The van der Waals surface area contributed by atoms with Crippen molar-refractivity contribution in [2.45, 2.75) is 25.5 Å². The van der Waals surface area contributed by atoms with Gasteiger partial charge in [-0.2, -0.15) is 0 Å². The van der Waals surface area contributed by atoms with Crippen molar-refractivity contribution in [1.82, 2.24) is 0 Å². The first kappa shape index (κ1) is 13.2. The highest BCUT2D eigenvalue weighted by molar-refractivity contribution is 5.50. The van der Waals surface area contributed by atoms with Gasteiger partial charge in [0.15, 0.2) is 0 Å². The van der Waals surface area contributed by atoms with Gasteiger partial charge in [-0.05, 0) is 36.5 Å². The first-order valence-corrected chi connectivity index (χ1v) is 6.08. The van der Waals surface area contributed by atoms with Crippen LogP contribution in [0.4, 0.5) is 14.5 Å². The molecule has 0 saturated heterocycles. The van der Waals surface area contributed by atoms with Gasteiger partial charge in [-0.15, -0.1) is 0 Å². The summed E-state index contributed by atoms with van der Waals surface area (Å²) >= 11 is 0. The molecule has 0 radical (unpaired) electrons. The highest BCUT2D eigenvalue weighted by Gasteiger charge is 2.29. The van der Waals surface area contributed by atoms with Crippen LogP contribution < -0.4 is 10.6 Å². The lowest BCUT2D eigenvalue weighted by atomic mass is 9.82. The highest BCUT2D eigenvalue weighted by Crippen LogP contribution is 2.31. The fourth-order valence-corrected chi connectivity index (χ4v) is 2.43. The maximum Gasteiger partial charge on any atom is 0.149 e. The molecule has 1 saturated carbocycles. The van der Waals surface area contributed by atoms with Crippen LogP contribution in [0.1, 0.15) is 18.4 Å². The van der Waals surface area contributed by atoms with Crippen LogP contribution in [0.15, 0.2) is 12.1 Å². The molecule has 1 aliphatic rings. The van der Waals surface area contributed by atoms with E-state index in [1.807, 2.05) is 0 Å². The van der Waals surface area contributed by atoms with E-state index >= 15 is 0 Å². The molecular formula is C13H18F2N2O. The fourth-order valence-electron chi connectivity index (χ4n) is 2.43. The smallest absolute Gasteiger partial charge is 0.149 e. The minimum absolute atomic E-state index is 0.0198. The van der Waals surface area contributed by atoms with Crippen molar-refractivity contribution < 1.29 is 13.9 Å². The van der Waals surface area contributed by atoms with Crippen LogP contribution in [-0.4, -0.2) is 24.8 Å². The minimum atomic E-state index is -0.585. The Morgan fingerprint density at radius 2 is 1.89 bits per heavy atom. The Balaban J connectivity index is 2.12. The number of nitrogens with two attached hydrogens (primary N) is 1. The van der Waals surface area contributed by atoms with Crippen molar-refractivity contribution >= 4 is 5.69 Å². The van der Waals surface area contributed by atoms with E-state index < -0.39 is 11.6 Å². The molecule has 0 unspecified atom stereocenters. The van der Waals surface area contributed by atoms with Crippen molar-refractivity contribution in [3.8, 4) is 0 Å². The Morgan fingerprint density at radius 3 is 2.33 bits per heavy atom. The molecule has 1 aromatic carbocycles. The third kappa shape index (κ3) is 2.62. The predicted molar refractivity (Wildman–Crippen MR) is 66.3 cm³/mol. The molecule has 0 aliphatic heterocycles. The molecule has 0 spiro atoms. The Hall–Kier alpha value is -1.20. The van der Waals surface area contributed by atoms with Crippen molar-refractivity contribution in [3.63, 3.8) is 0 Å². The zero-order valence-electron chi connectivity index (χ0n) is 10.4. The van der Waals surface area contributed by atoms with E-state index in [0.717, 1.165) is 0 Å². The number of hydrogen-bond acceptors (Lipinski definition) is 3. The lowest BCUT2D eigenvalue weighted by molar-refractivity contribution is 0.0464. The van der Waals surface area contributed by atoms with Gasteiger partial charge in [-0.3, -0.25) is 0 Å². The second-order valence-electron chi connectivity index (χ2n) is 4.98. The van der Waals surface area contributed by atoms with Crippen LogP contribution in [-0.2, 0) is 6.54 Å². The first-order valence-electron chi connectivity index (χ1n) is 6.08. The topological polar surface area (TPSA) is 49.5 Å². The molecule has 1 aliphatic carbocycles. The van der Waals surface area contributed by atoms with Crippen LogP contribution in [0.5, 0.6) is 0 Å². The van der Waals surface area contributed by atoms with Gasteiger partial charge in [0.2, 0.25) is 0 Å². The van der Waals surface area contributed by atoms with Crippen molar-refractivity contribution in [3.05, 3.63) is 29.3 Å². The van der Waals surface area contributed by atoms with Gasteiger partial charge in [0.05, 0.1) is 6.10 Å².